The molecule has 6 nitrogen and oxygen atoms in total. The van der Waals surface area contributed by atoms with Gasteiger partial charge < -0.3 is 15.4 Å². The van der Waals surface area contributed by atoms with Crippen LogP contribution in [0.5, 0.6) is 6.01 Å². The molecule has 0 aliphatic carbocycles. The van der Waals surface area contributed by atoms with Crippen molar-refractivity contribution in [1.82, 2.24) is 15.0 Å². The number of ether oxygens (including phenoxy) is 1. The molecule has 1 aromatic heterocycles. The van der Waals surface area contributed by atoms with Gasteiger partial charge in [-0.05, 0) is 19.8 Å². The minimum Gasteiger partial charge on any atom is -0.464 e. The van der Waals surface area contributed by atoms with E-state index in [4.69, 9.17) is 10.5 Å². The number of nitrogens with zero attached hydrogens (tertiary/aromatic N) is 4. The van der Waals surface area contributed by atoms with Gasteiger partial charge in [-0.1, -0.05) is 13.8 Å². The van der Waals surface area contributed by atoms with Gasteiger partial charge >= 0.3 is 6.01 Å². The summed E-state index contributed by atoms with van der Waals surface area (Å²) in [7, 11) is 1.96. The summed E-state index contributed by atoms with van der Waals surface area (Å²) in [5.74, 6) is 0.755. The van der Waals surface area contributed by atoms with Crippen LogP contribution in [-0.4, -0.2) is 34.6 Å². The maximum absolute atomic E-state index is 5.64. The van der Waals surface area contributed by atoms with Crippen LogP contribution in [0, 0.1) is 0 Å². The smallest absolute Gasteiger partial charge is 0.323 e. The number of anilines is 2. The van der Waals surface area contributed by atoms with E-state index in [0.717, 1.165) is 12.8 Å². The lowest BCUT2D eigenvalue weighted by atomic mass is 10.1. The molecule has 96 valence electrons. The van der Waals surface area contributed by atoms with E-state index in [1.165, 1.54) is 0 Å². The minimum absolute atomic E-state index is 0.191. The Kier molecular flexibility index (Phi) is 4.93. The Bertz CT molecular complexity index is 354. The third-order valence-electron chi connectivity index (χ3n) is 2.70. The molecule has 0 aliphatic rings. The first-order chi connectivity index (χ1) is 8.12. The van der Waals surface area contributed by atoms with E-state index in [1.54, 1.807) is 0 Å². The zero-order chi connectivity index (χ0) is 12.8. The van der Waals surface area contributed by atoms with E-state index in [9.17, 15) is 0 Å². The van der Waals surface area contributed by atoms with Gasteiger partial charge in [-0.3, -0.25) is 0 Å². The Morgan fingerprint density at radius 2 is 1.82 bits per heavy atom. The largest absolute Gasteiger partial charge is 0.464 e. The molecular formula is C11H21N5O. The minimum atomic E-state index is 0.191. The van der Waals surface area contributed by atoms with Crippen molar-refractivity contribution in [3.05, 3.63) is 0 Å². The molecule has 0 saturated carbocycles. The topological polar surface area (TPSA) is 77.2 Å². The zero-order valence-corrected chi connectivity index (χ0v) is 11.0. The van der Waals surface area contributed by atoms with Gasteiger partial charge in [0.05, 0.1) is 6.61 Å². The predicted molar refractivity (Wildman–Crippen MR) is 68.2 cm³/mol. The zero-order valence-electron chi connectivity index (χ0n) is 11.0. The van der Waals surface area contributed by atoms with E-state index >= 15 is 0 Å². The summed E-state index contributed by atoms with van der Waals surface area (Å²) in [5, 5.41) is 0. The molecule has 0 amide bonds. The van der Waals surface area contributed by atoms with Crippen LogP contribution in [0.25, 0.3) is 0 Å². The molecule has 0 radical (unpaired) electrons. The van der Waals surface area contributed by atoms with Crippen LogP contribution in [-0.2, 0) is 0 Å². The molecule has 2 N–H and O–H groups in total. The Balaban J connectivity index is 2.95. The Morgan fingerprint density at radius 1 is 1.18 bits per heavy atom. The predicted octanol–water partition coefficient (Wildman–Crippen LogP) is 1.48. The fourth-order valence-electron chi connectivity index (χ4n) is 1.71. The van der Waals surface area contributed by atoms with E-state index in [1.807, 2.05) is 18.9 Å². The van der Waals surface area contributed by atoms with Crippen molar-refractivity contribution >= 4 is 11.9 Å². The number of rotatable bonds is 6. The van der Waals surface area contributed by atoms with Crippen LogP contribution in [0.2, 0.25) is 0 Å². The lowest BCUT2D eigenvalue weighted by Gasteiger charge is -2.26. The highest BCUT2D eigenvalue weighted by molar-refractivity contribution is 5.36. The molecule has 1 heterocycles. The summed E-state index contributed by atoms with van der Waals surface area (Å²) in [6.07, 6.45) is 2.06. The van der Waals surface area contributed by atoms with E-state index in [0.29, 0.717) is 18.6 Å². The van der Waals surface area contributed by atoms with Gasteiger partial charge in [0, 0.05) is 13.1 Å². The molecule has 6 heteroatoms. The quantitative estimate of drug-likeness (QED) is 0.810. The summed E-state index contributed by atoms with van der Waals surface area (Å²) < 4.78 is 5.26. The average Bonchev–Trinajstić information content (AvgIpc) is 2.30. The highest BCUT2D eigenvalue weighted by Crippen LogP contribution is 2.17. The molecule has 0 aromatic carbocycles. The lowest BCUT2D eigenvalue weighted by molar-refractivity contribution is 0.312. The van der Waals surface area contributed by atoms with Crippen molar-refractivity contribution in [3.63, 3.8) is 0 Å². The maximum atomic E-state index is 5.64. The van der Waals surface area contributed by atoms with Crippen LogP contribution >= 0.6 is 0 Å². The van der Waals surface area contributed by atoms with Gasteiger partial charge in [0.1, 0.15) is 0 Å². The Morgan fingerprint density at radius 3 is 2.35 bits per heavy atom. The first kappa shape index (κ1) is 13.5. The molecule has 1 rings (SSSR count). The summed E-state index contributed by atoms with van der Waals surface area (Å²) >= 11 is 0. The highest BCUT2D eigenvalue weighted by atomic mass is 16.5. The van der Waals surface area contributed by atoms with Crippen molar-refractivity contribution in [2.75, 3.05) is 24.3 Å². The SMILES string of the molecule is CCOc1nc(N)nc(N(C)C(CC)CC)n1. The molecule has 17 heavy (non-hydrogen) atoms. The average molecular weight is 239 g/mol. The number of nitrogen functional groups attached to an aromatic ring is 1. The Hall–Kier alpha value is -1.59. The molecule has 0 fully saturated rings. The number of nitrogens with two attached hydrogens (primary N) is 1. The molecule has 0 spiro atoms. The van der Waals surface area contributed by atoms with Crippen LogP contribution < -0.4 is 15.4 Å². The highest BCUT2D eigenvalue weighted by Gasteiger charge is 2.15. The van der Waals surface area contributed by atoms with Gasteiger partial charge in [-0.25, -0.2) is 0 Å². The standard InChI is InChI=1S/C11H21N5O/c1-5-8(6-2)16(4)10-13-9(12)14-11(15-10)17-7-3/h8H,5-7H2,1-4H3,(H2,12,13,14,15). The number of hydrogen-bond donors (Lipinski definition) is 1. The van der Waals surface area contributed by atoms with E-state index in [2.05, 4.69) is 28.8 Å². The van der Waals surface area contributed by atoms with Gasteiger partial charge in [0.25, 0.3) is 0 Å². The molecule has 0 bridgehead atoms. The summed E-state index contributed by atoms with van der Waals surface area (Å²) in [6, 6.07) is 0.680. The summed E-state index contributed by atoms with van der Waals surface area (Å²) in [5.41, 5.74) is 5.64. The third-order valence-corrected chi connectivity index (χ3v) is 2.70. The maximum Gasteiger partial charge on any atom is 0.323 e. The molecule has 0 saturated heterocycles. The van der Waals surface area contributed by atoms with Crippen LogP contribution in [0.3, 0.4) is 0 Å². The first-order valence-electron chi connectivity index (χ1n) is 5.99. The van der Waals surface area contributed by atoms with E-state index < -0.39 is 0 Å². The molecule has 0 atom stereocenters. The van der Waals surface area contributed by atoms with E-state index in [-0.39, 0.29) is 12.0 Å². The number of aromatic nitrogens is 3. The van der Waals surface area contributed by atoms with Crippen LogP contribution in [0.1, 0.15) is 33.6 Å². The fraction of sp³-hybridized carbons (Fsp3) is 0.727. The van der Waals surface area contributed by atoms with Crippen molar-refractivity contribution in [2.24, 2.45) is 0 Å². The first-order valence-corrected chi connectivity index (χ1v) is 5.99. The molecule has 1 aromatic rings. The van der Waals surface area contributed by atoms with Gasteiger partial charge in [0.15, 0.2) is 0 Å². The van der Waals surface area contributed by atoms with Crippen molar-refractivity contribution in [2.45, 2.75) is 39.7 Å². The molecule has 0 unspecified atom stereocenters. The second kappa shape index (κ2) is 6.22. The van der Waals surface area contributed by atoms with Crippen molar-refractivity contribution in [3.8, 4) is 6.01 Å². The monoisotopic (exact) mass is 239 g/mol. The fourth-order valence-corrected chi connectivity index (χ4v) is 1.71. The normalized spacial score (nSPS) is 10.6. The van der Waals surface area contributed by atoms with Gasteiger partial charge in [0.2, 0.25) is 11.9 Å². The Labute approximate surface area is 102 Å². The van der Waals surface area contributed by atoms with Gasteiger partial charge in [-0.15, -0.1) is 0 Å². The summed E-state index contributed by atoms with van der Waals surface area (Å²) in [6.45, 7) is 6.67. The molecular weight excluding hydrogens is 218 g/mol. The van der Waals surface area contributed by atoms with Crippen LogP contribution in [0.15, 0.2) is 0 Å². The van der Waals surface area contributed by atoms with Crippen molar-refractivity contribution in [1.29, 1.82) is 0 Å². The number of hydrogen-bond acceptors (Lipinski definition) is 6. The second-order valence-electron chi connectivity index (χ2n) is 3.79. The van der Waals surface area contributed by atoms with Crippen molar-refractivity contribution < 1.29 is 4.74 Å². The summed E-state index contributed by atoms with van der Waals surface area (Å²) in [4.78, 5) is 14.3. The third kappa shape index (κ3) is 3.44. The second-order valence-corrected chi connectivity index (χ2v) is 3.79. The van der Waals surface area contributed by atoms with Crippen LogP contribution in [0.4, 0.5) is 11.9 Å². The molecule has 0 aliphatic heterocycles. The van der Waals surface area contributed by atoms with Gasteiger partial charge in [-0.2, -0.15) is 15.0 Å². The lowest BCUT2D eigenvalue weighted by Crippen LogP contribution is -2.32.